The summed E-state index contributed by atoms with van der Waals surface area (Å²) in [6.07, 6.45) is 3.31. The maximum atomic E-state index is 12.6. The molecule has 0 N–H and O–H groups in total. The molecule has 1 aromatic heterocycles. The second-order valence-corrected chi connectivity index (χ2v) is 5.61. The minimum absolute atomic E-state index is 0.0920. The summed E-state index contributed by atoms with van der Waals surface area (Å²) in [7, 11) is 0. The van der Waals surface area contributed by atoms with E-state index in [0.29, 0.717) is 29.0 Å². The fourth-order valence-electron chi connectivity index (χ4n) is 2.17. The molecule has 100 valence electrons. The second kappa shape index (κ2) is 5.12. The molecule has 0 atom stereocenters. The van der Waals surface area contributed by atoms with Crippen LogP contribution in [-0.4, -0.2) is 28.6 Å². The lowest BCUT2D eigenvalue weighted by molar-refractivity contribution is 0.0733. The van der Waals surface area contributed by atoms with E-state index >= 15 is 0 Å². The number of nitrogens with zero attached hydrogens (tertiary/aromatic N) is 2. The van der Waals surface area contributed by atoms with Crippen LogP contribution in [0.1, 0.15) is 54.9 Å². The first-order valence-electron chi connectivity index (χ1n) is 6.74. The van der Waals surface area contributed by atoms with Gasteiger partial charge in [0.1, 0.15) is 11.3 Å². The lowest BCUT2D eigenvalue weighted by Crippen LogP contribution is -2.35. The van der Waals surface area contributed by atoms with Gasteiger partial charge in [-0.1, -0.05) is 19.0 Å². The van der Waals surface area contributed by atoms with Gasteiger partial charge >= 0.3 is 0 Å². The van der Waals surface area contributed by atoms with E-state index in [1.165, 1.54) is 0 Å². The number of hydrogen-bond acceptors (Lipinski definition) is 3. The minimum Gasteiger partial charge on any atom is -0.361 e. The molecule has 0 aromatic carbocycles. The van der Waals surface area contributed by atoms with E-state index in [0.717, 1.165) is 25.8 Å². The minimum atomic E-state index is 0.0920. The monoisotopic (exact) mass is 250 g/mol. The number of aryl methyl sites for hydroxylation is 2. The molecule has 18 heavy (non-hydrogen) atoms. The zero-order valence-corrected chi connectivity index (χ0v) is 11.7. The number of amides is 1. The van der Waals surface area contributed by atoms with Crippen LogP contribution in [0.3, 0.4) is 0 Å². The molecule has 0 saturated heterocycles. The van der Waals surface area contributed by atoms with E-state index in [4.69, 9.17) is 4.52 Å². The predicted octanol–water partition coefficient (Wildman–Crippen LogP) is 2.94. The van der Waals surface area contributed by atoms with Gasteiger partial charge in [0.05, 0.1) is 5.69 Å². The van der Waals surface area contributed by atoms with Crippen molar-refractivity contribution in [2.75, 3.05) is 6.54 Å². The van der Waals surface area contributed by atoms with Crippen molar-refractivity contribution < 1.29 is 9.32 Å². The molecule has 1 fully saturated rings. The van der Waals surface area contributed by atoms with Crippen molar-refractivity contribution in [1.29, 1.82) is 0 Å². The lowest BCUT2D eigenvalue weighted by atomic mass is 10.1. The number of carbonyl (C=O) groups excluding carboxylic acids is 1. The molecule has 1 aliphatic carbocycles. The fraction of sp³-hybridized carbons (Fsp3) is 0.714. The number of carbonyl (C=O) groups is 1. The van der Waals surface area contributed by atoms with Crippen molar-refractivity contribution in [3.8, 4) is 0 Å². The molecular formula is C14H22N2O2. The molecule has 1 saturated carbocycles. The Morgan fingerprint density at radius 3 is 2.56 bits per heavy atom. The van der Waals surface area contributed by atoms with Crippen molar-refractivity contribution in [3.05, 3.63) is 17.0 Å². The summed E-state index contributed by atoms with van der Waals surface area (Å²) in [6.45, 7) is 8.85. The van der Waals surface area contributed by atoms with Crippen LogP contribution in [0.5, 0.6) is 0 Å². The summed E-state index contributed by atoms with van der Waals surface area (Å²) in [6, 6.07) is 0.435. The van der Waals surface area contributed by atoms with Gasteiger partial charge in [-0.3, -0.25) is 4.79 Å². The van der Waals surface area contributed by atoms with Gasteiger partial charge in [0, 0.05) is 12.6 Å². The highest BCUT2D eigenvalue weighted by Gasteiger charge is 2.34. The zero-order chi connectivity index (χ0) is 13.3. The fourth-order valence-corrected chi connectivity index (χ4v) is 2.17. The van der Waals surface area contributed by atoms with E-state index in [1.807, 2.05) is 11.8 Å². The number of hydrogen-bond donors (Lipinski definition) is 0. The zero-order valence-electron chi connectivity index (χ0n) is 11.7. The van der Waals surface area contributed by atoms with Crippen LogP contribution in [0.25, 0.3) is 0 Å². The molecule has 0 aliphatic heterocycles. The van der Waals surface area contributed by atoms with E-state index in [2.05, 4.69) is 19.0 Å². The Morgan fingerprint density at radius 1 is 1.44 bits per heavy atom. The summed E-state index contributed by atoms with van der Waals surface area (Å²) in [4.78, 5) is 14.6. The average molecular weight is 250 g/mol. The number of rotatable bonds is 5. The summed E-state index contributed by atoms with van der Waals surface area (Å²) in [5.41, 5.74) is 1.36. The first kappa shape index (κ1) is 13.1. The third kappa shape index (κ3) is 2.74. The molecule has 0 bridgehead atoms. The Bertz CT molecular complexity index is 414. The molecule has 1 amide bonds. The Balaban J connectivity index is 2.13. The summed E-state index contributed by atoms with van der Waals surface area (Å²) in [5.74, 6) is 1.34. The van der Waals surface area contributed by atoms with E-state index in [1.54, 1.807) is 6.92 Å². The first-order chi connectivity index (χ1) is 8.50. The molecule has 1 aliphatic rings. The molecule has 1 aromatic rings. The van der Waals surface area contributed by atoms with Crippen LogP contribution in [-0.2, 0) is 0 Å². The largest absolute Gasteiger partial charge is 0.361 e. The summed E-state index contributed by atoms with van der Waals surface area (Å²) in [5, 5.41) is 3.87. The van der Waals surface area contributed by atoms with Gasteiger partial charge in [-0.2, -0.15) is 0 Å². The SMILES string of the molecule is Cc1noc(C)c1C(=O)N(CCC(C)C)C1CC1. The van der Waals surface area contributed by atoms with Gasteiger partial charge < -0.3 is 9.42 Å². The summed E-state index contributed by atoms with van der Waals surface area (Å²) < 4.78 is 5.09. The van der Waals surface area contributed by atoms with Crippen LogP contribution in [0, 0.1) is 19.8 Å². The van der Waals surface area contributed by atoms with Gasteiger partial charge in [-0.15, -0.1) is 0 Å². The Hall–Kier alpha value is -1.32. The predicted molar refractivity (Wildman–Crippen MR) is 69.5 cm³/mol. The lowest BCUT2D eigenvalue weighted by Gasteiger charge is -2.23. The van der Waals surface area contributed by atoms with Crippen molar-refractivity contribution >= 4 is 5.91 Å². The van der Waals surface area contributed by atoms with Crippen molar-refractivity contribution in [1.82, 2.24) is 10.1 Å². The van der Waals surface area contributed by atoms with Gasteiger partial charge in [0.25, 0.3) is 5.91 Å². The van der Waals surface area contributed by atoms with Gasteiger partial charge in [0.2, 0.25) is 0 Å². The smallest absolute Gasteiger partial charge is 0.259 e. The van der Waals surface area contributed by atoms with E-state index in [9.17, 15) is 4.79 Å². The Labute approximate surface area is 108 Å². The van der Waals surface area contributed by atoms with Crippen molar-refractivity contribution in [2.24, 2.45) is 5.92 Å². The Kier molecular flexibility index (Phi) is 3.73. The second-order valence-electron chi connectivity index (χ2n) is 5.61. The van der Waals surface area contributed by atoms with Gasteiger partial charge in [-0.05, 0) is 39.0 Å². The highest BCUT2D eigenvalue weighted by Crippen LogP contribution is 2.30. The average Bonchev–Trinajstić information content (AvgIpc) is 3.06. The molecule has 4 nitrogen and oxygen atoms in total. The maximum absolute atomic E-state index is 12.6. The van der Waals surface area contributed by atoms with Crippen LogP contribution in [0.2, 0.25) is 0 Å². The standard InChI is InChI=1S/C14H22N2O2/c1-9(2)7-8-16(12-5-6-12)14(17)13-10(3)15-18-11(13)4/h9,12H,5-8H2,1-4H3. The summed E-state index contributed by atoms with van der Waals surface area (Å²) >= 11 is 0. The normalized spacial score (nSPS) is 15.2. The van der Waals surface area contributed by atoms with Crippen molar-refractivity contribution in [2.45, 2.75) is 53.0 Å². The van der Waals surface area contributed by atoms with E-state index < -0.39 is 0 Å². The van der Waals surface area contributed by atoms with Crippen LogP contribution in [0.4, 0.5) is 0 Å². The molecule has 0 unspecified atom stereocenters. The molecular weight excluding hydrogens is 228 g/mol. The van der Waals surface area contributed by atoms with E-state index in [-0.39, 0.29) is 5.91 Å². The van der Waals surface area contributed by atoms with Crippen LogP contribution in [0.15, 0.2) is 4.52 Å². The molecule has 0 spiro atoms. The maximum Gasteiger partial charge on any atom is 0.259 e. The van der Waals surface area contributed by atoms with Crippen LogP contribution < -0.4 is 0 Å². The van der Waals surface area contributed by atoms with Crippen LogP contribution >= 0.6 is 0 Å². The topological polar surface area (TPSA) is 46.3 Å². The quantitative estimate of drug-likeness (QED) is 0.807. The Morgan fingerprint density at radius 2 is 2.11 bits per heavy atom. The molecule has 1 heterocycles. The van der Waals surface area contributed by atoms with Gasteiger partial charge in [-0.25, -0.2) is 0 Å². The molecule has 4 heteroatoms. The highest BCUT2D eigenvalue weighted by atomic mass is 16.5. The van der Waals surface area contributed by atoms with Gasteiger partial charge in [0.15, 0.2) is 0 Å². The third-order valence-corrected chi connectivity index (χ3v) is 3.44. The molecule has 0 radical (unpaired) electrons. The molecule has 2 rings (SSSR count). The highest BCUT2D eigenvalue weighted by molar-refractivity contribution is 5.96. The third-order valence-electron chi connectivity index (χ3n) is 3.44. The van der Waals surface area contributed by atoms with Crippen molar-refractivity contribution in [3.63, 3.8) is 0 Å². The first-order valence-corrected chi connectivity index (χ1v) is 6.74. The number of aromatic nitrogens is 1.